The number of ketones is 2. The Hall–Kier alpha value is -2.25. The molecule has 1 fully saturated rings. The molecule has 3 aliphatic rings. The number of rotatable bonds is 5. The maximum atomic E-state index is 13.4. The Kier molecular flexibility index (Phi) is 5.21. The third kappa shape index (κ3) is 3.07. The van der Waals surface area contributed by atoms with E-state index in [4.69, 9.17) is 30.5 Å². The molecule has 1 aliphatic carbocycles. The number of ether oxygens (including phenoxy) is 4. The highest BCUT2D eigenvalue weighted by Crippen LogP contribution is 2.52. The van der Waals surface area contributed by atoms with Gasteiger partial charge in [-0.3, -0.25) is 9.59 Å². The number of methoxy groups -OCH3 is 2. The van der Waals surface area contributed by atoms with Gasteiger partial charge in [-0.15, -0.1) is 0 Å². The van der Waals surface area contributed by atoms with Crippen LogP contribution in [0.1, 0.15) is 36.5 Å². The number of allylic oxidation sites excluding steroid dienone is 1. The third-order valence-corrected chi connectivity index (χ3v) is 6.25. The number of hydrogen-bond donors (Lipinski definition) is 1. The molecule has 2 heterocycles. The lowest BCUT2D eigenvalue weighted by atomic mass is 9.74. The Bertz CT molecular complexity index is 892. The fourth-order valence-electron chi connectivity index (χ4n) is 4.30. The molecule has 1 aromatic rings. The van der Waals surface area contributed by atoms with Gasteiger partial charge in [0, 0.05) is 36.9 Å². The first-order valence-corrected chi connectivity index (χ1v) is 10.1. The molecule has 156 valence electrons. The predicted molar refractivity (Wildman–Crippen MR) is 106 cm³/mol. The fraction of sp³-hybridized carbons (Fsp3) is 0.524. The summed E-state index contributed by atoms with van der Waals surface area (Å²) in [7, 11) is 2.91. The van der Waals surface area contributed by atoms with E-state index in [2.05, 4.69) is 5.32 Å². The van der Waals surface area contributed by atoms with Crippen molar-refractivity contribution in [2.24, 2.45) is 5.92 Å². The zero-order valence-corrected chi connectivity index (χ0v) is 17.4. The van der Waals surface area contributed by atoms with Crippen LogP contribution in [0.2, 0.25) is 5.02 Å². The van der Waals surface area contributed by atoms with Crippen LogP contribution >= 0.6 is 11.6 Å². The van der Waals surface area contributed by atoms with E-state index in [-0.39, 0.29) is 28.2 Å². The van der Waals surface area contributed by atoms with Crippen molar-refractivity contribution in [1.29, 1.82) is 0 Å². The lowest BCUT2D eigenvalue weighted by molar-refractivity contribution is -0.129. The monoisotopic (exact) mass is 421 g/mol. The van der Waals surface area contributed by atoms with E-state index in [0.29, 0.717) is 18.7 Å². The summed E-state index contributed by atoms with van der Waals surface area (Å²) in [5.74, 6) is -0.493. The molecular weight excluding hydrogens is 398 g/mol. The van der Waals surface area contributed by atoms with E-state index < -0.39 is 23.1 Å². The molecule has 8 heteroatoms. The SMILES string of the molecule is COc1cc(OC)c2c(c1Cl)OC1(C(=O)C=C(NCC3CCCO3)CC1C)C2=O. The van der Waals surface area contributed by atoms with Crippen LogP contribution < -0.4 is 19.5 Å². The normalized spacial score (nSPS) is 28.2. The lowest BCUT2D eigenvalue weighted by Crippen LogP contribution is -2.55. The minimum absolute atomic E-state index is 0.136. The van der Waals surface area contributed by atoms with Crippen molar-refractivity contribution in [1.82, 2.24) is 5.32 Å². The van der Waals surface area contributed by atoms with E-state index in [0.717, 1.165) is 25.1 Å². The van der Waals surface area contributed by atoms with Gasteiger partial charge in [0.15, 0.2) is 5.75 Å². The van der Waals surface area contributed by atoms with E-state index in [1.807, 2.05) is 6.92 Å². The van der Waals surface area contributed by atoms with Gasteiger partial charge in [-0.05, 0) is 19.3 Å². The van der Waals surface area contributed by atoms with Crippen molar-refractivity contribution >= 4 is 23.2 Å². The second-order valence-electron chi connectivity index (χ2n) is 7.62. The average molecular weight is 422 g/mol. The number of halogens is 1. The van der Waals surface area contributed by atoms with Gasteiger partial charge in [0.05, 0.1) is 20.3 Å². The molecule has 0 amide bonds. The molecule has 1 saturated heterocycles. The summed E-state index contributed by atoms with van der Waals surface area (Å²) in [6.07, 6.45) is 4.17. The summed E-state index contributed by atoms with van der Waals surface area (Å²) in [6.45, 7) is 3.25. The zero-order chi connectivity index (χ0) is 20.8. The highest BCUT2D eigenvalue weighted by atomic mass is 35.5. The summed E-state index contributed by atoms with van der Waals surface area (Å²) in [6, 6.07) is 1.53. The molecule has 3 atom stereocenters. The standard InChI is InChI=1S/C21H24ClNO6/c1-11-7-12(23-10-13-5-4-6-28-13)8-16(24)21(11)20(25)17-14(26-2)9-15(27-3)18(22)19(17)29-21/h8-9,11,13,23H,4-7,10H2,1-3H3. The third-order valence-electron chi connectivity index (χ3n) is 5.89. The smallest absolute Gasteiger partial charge is 0.236 e. The van der Waals surface area contributed by atoms with Crippen molar-refractivity contribution in [3.05, 3.63) is 28.4 Å². The highest BCUT2D eigenvalue weighted by molar-refractivity contribution is 6.36. The maximum Gasteiger partial charge on any atom is 0.236 e. The molecular formula is C21H24ClNO6. The van der Waals surface area contributed by atoms with Crippen LogP contribution in [0.15, 0.2) is 17.8 Å². The Labute approximate surface area is 174 Å². The Balaban J connectivity index is 1.65. The summed E-state index contributed by atoms with van der Waals surface area (Å²) < 4.78 is 22.2. The summed E-state index contributed by atoms with van der Waals surface area (Å²) in [5, 5.41) is 3.45. The van der Waals surface area contributed by atoms with Gasteiger partial charge >= 0.3 is 0 Å². The summed E-state index contributed by atoms with van der Waals surface area (Å²) >= 11 is 6.39. The Morgan fingerprint density at radius 1 is 1.28 bits per heavy atom. The fourth-order valence-corrected chi connectivity index (χ4v) is 4.57. The van der Waals surface area contributed by atoms with Crippen molar-refractivity contribution < 1.29 is 28.5 Å². The molecule has 1 N–H and O–H groups in total. The quantitative estimate of drug-likeness (QED) is 0.732. The number of hydrogen-bond acceptors (Lipinski definition) is 7. The maximum absolute atomic E-state index is 13.4. The minimum Gasteiger partial charge on any atom is -0.496 e. The molecule has 7 nitrogen and oxygen atoms in total. The molecule has 29 heavy (non-hydrogen) atoms. The van der Waals surface area contributed by atoms with Gasteiger partial charge in [0.25, 0.3) is 0 Å². The van der Waals surface area contributed by atoms with Gasteiger partial charge in [-0.1, -0.05) is 18.5 Å². The van der Waals surface area contributed by atoms with E-state index >= 15 is 0 Å². The average Bonchev–Trinajstić information content (AvgIpc) is 3.33. The van der Waals surface area contributed by atoms with Gasteiger partial charge in [-0.25, -0.2) is 0 Å². The van der Waals surface area contributed by atoms with E-state index in [1.165, 1.54) is 26.4 Å². The van der Waals surface area contributed by atoms with E-state index in [1.54, 1.807) is 0 Å². The first kappa shape index (κ1) is 20.0. The van der Waals surface area contributed by atoms with Crippen LogP contribution in [0.5, 0.6) is 17.2 Å². The number of carbonyl (C=O) groups excluding carboxylic acids is 2. The number of nitrogens with one attached hydrogen (secondary N) is 1. The molecule has 1 spiro atoms. The van der Waals surface area contributed by atoms with Crippen LogP contribution in [0.25, 0.3) is 0 Å². The zero-order valence-electron chi connectivity index (χ0n) is 16.7. The van der Waals surface area contributed by atoms with E-state index in [9.17, 15) is 9.59 Å². The number of carbonyl (C=O) groups is 2. The molecule has 2 aliphatic heterocycles. The second-order valence-corrected chi connectivity index (χ2v) is 8.00. The predicted octanol–water partition coefficient (Wildman–Crippen LogP) is 2.93. The van der Waals surface area contributed by atoms with Crippen LogP contribution in [-0.2, 0) is 9.53 Å². The number of Topliss-reactive ketones (excluding diaryl/α,β-unsaturated/α-hetero) is 1. The van der Waals surface area contributed by atoms with Gasteiger partial charge in [0.2, 0.25) is 17.2 Å². The summed E-state index contributed by atoms with van der Waals surface area (Å²) in [5.41, 5.74) is -0.671. The van der Waals surface area contributed by atoms with Gasteiger partial charge < -0.3 is 24.3 Å². The minimum atomic E-state index is -1.64. The first-order chi connectivity index (χ1) is 13.9. The molecule has 3 unspecified atom stereocenters. The Morgan fingerprint density at radius 2 is 2.03 bits per heavy atom. The van der Waals surface area contributed by atoms with Crippen molar-refractivity contribution in [3.8, 4) is 17.2 Å². The topological polar surface area (TPSA) is 83.1 Å². The number of fused-ring (bicyclic) bond motifs is 1. The van der Waals surface area contributed by atoms with Gasteiger partial charge in [-0.2, -0.15) is 0 Å². The van der Waals surface area contributed by atoms with Crippen molar-refractivity contribution in [2.75, 3.05) is 27.4 Å². The Morgan fingerprint density at radius 3 is 2.66 bits per heavy atom. The van der Waals surface area contributed by atoms with Crippen LogP contribution in [-0.4, -0.2) is 50.6 Å². The van der Waals surface area contributed by atoms with Gasteiger partial charge in [0.1, 0.15) is 22.1 Å². The summed E-state index contributed by atoms with van der Waals surface area (Å²) in [4.78, 5) is 26.6. The van der Waals surface area contributed by atoms with Crippen LogP contribution in [0.3, 0.4) is 0 Å². The molecule has 0 saturated carbocycles. The van der Waals surface area contributed by atoms with Crippen LogP contribution in [0.4, 0.5) is 0 Å². The highest BCUT2D eigenvalue weighted by Gasteiger charge is 2.60. The van der Waals surface area contributed by atoms with Crippen LogP contribution in [0, 0.1) is 5.92 Å². The van der Waals surface area contributed by atoms with Crippen molar-refractivity contribution in [2.45, 2.75) is 37.9 Å². The molecule has 0 bridgehead atoms. The first-order valence-electron chi connectivity index (χ1n) is 9.71. The number of benzene rings is 1. The molecule has 4 rings (SSSR count). The molecule has 0 aromatic heterocycles. The molecule has 1 aromatic carbocycles. The van der Waals surface area contributed by atoms with Crippen molar-refractivity contribution in [3.63, 3.8) is 0 Å². The molecule has 0 radical (unpaired) electrons. The largest absolute Gasteiger partial charge is 0.496 e. The second kappa shape index (κ2) is 7.54. The lowest BCUT2D eigenvalue weighted by Gasteiger charge is -2.35.